The summed E-state index contributed by atoms with van der Waals surface area (Å²) in [5, 5.41) is 12.2. The van der Waals surface area contributed by atoms with Crippen LogP contribution in [0.25, 0.3) is 0 Å². The maximum absolute atomic E-state index is 12.5. The standard InChI is InChI=1S/C14H14F3NOS/c15-14(16,17)10-5-3-9(4-6-10)13(19)11(8-18)12-2-1-7-20-12/h1-7,11,13,19H,8,18H2. The van der Waals surface area contributed by atoms with Crippen molar-refractivity contribution in [2.45, 2.75) is 18.2 Å². The number of alkyl halides is 3. The minimum Gasteiger partial charge on any atom is -0.388 e. The summed E-state index contributed by atoms with van der Waals surface area (Å²) >= 11 is 1.47. The molecule has 20 heavy (non-hydrogen) atoms. The lowest BCUT2D eigenvalue weighted by atomic mass is 9.94. The molecule has 3 N–H and O–H groups in total. The van der Waals surface area contributed by atoms with Gasteiger partial charge in [0, 0.05) is 17.3 Å². The largest absolute Gasteiger partial charge is 0.416 e. The highest BCUT2D eigenvalue weighted by molar-refractivity contribution is 7.10. The van der Waals surface area contributed by atoms with Gasteiger partial charge in [0.2, 0.25) is 0 Å². The minimum atomic E-state index is -4.37. The van der Waals surface area contributed by atoms with Crippen molar-refractivity contribution >= 4 is 11.3 Å². The number of thiophene rings is 1. The van der Waals surface area contributed by atoms with E-state index in [1.165, 1.54) is 23.5 Å². The molecule has 0 bridgehead atoms. The van der Waals surface area contributed by atoms with Crippen molar-refractivity contribution in [2.75, 3.05) is 6.54 Å². The van der Waals surface area contributed by atoms with Gasteiger partial charge in [-0.05, 0) is 29.1 Å². The average molecular weight is 301 g/mol. The fourth-order valence-corrected chi connectivity index (χ4v) is 2.88. The Hall–Kier alpha value is -1.37. The smallest absolute Gasteiger partial charge is 0.388 e. The third kappa shape index (κ3) is 3.20. The average Bonchev–Trinajstić information content (AvgIpc) is 2.92. The number of hydrogen-bond donors (Lipinski definition) is 2. The van der Waals surface area contributed by atoms with Crippen LogP contribution in [-0.2, 0) is 6.18 Å². The van der Waals surface area contributed by atoms with Crippen LogP contribution < -0.4 is 5.73 Å². The zero-order valence-corrected chi connectivity index (χ0v) is 11.3. The third-order valence-corrected chi connectivity index (χ3v) is 4.13. The second-order valence-corrected chi connectivity index (χ2v) is 5.40. The number of aliphatic hydroxyl groups excluding tert-OH is 1. The Morgan fingerprint density at radius 2 is 1.80 bits per heavy atom. The van der Waals surface area contributed by atoms with Crippen molar-refractivity contribution in [3.63, 3.8) is 0 Å². The van der Waals surface area contributed by atoms with E-state index < -0.39 is 17.8 Å². The molecule has 0 saturated carbocycles. The maximum Gasteiger partial charge on any atom is 0.416 e. The lowest BCUT2D eigenvalue weighted by molar-refractivity contribution is -0.137. The van der Waals surface area contributed by atoms with Gasteiger partial charge in [0.15, 0.2) is 0 Å². The Balaban J connectivity index is 2.22. The fraction of sp³-hybridized carbons (Fsp3) is 0.286. The highest BCUT2D eigenvalue weighted by Gasteiger charge is 2.30. The van der Waals surface area contributed by atoms with Crippen molar-refractivity contribution in [1.29, 1.82) is 0 Å². The Kier molecular flexibility index (Phi) is 4.47. The van der Waals surface area contributed by atoms with Gasteiger partial charge in [-0.3, -0.25) is 0 Å². The summed E-state index contributed by atoms with van der Waals surface area (Å²) in [6.07, 6.45) is -5.29. The molecule has 1 aromatic heterocycles. The number of halogens is 3. The summed E-state index contributed by atoms with van der Waals surface area (Å²) in [5.74, 6) is -0.313. The second kappa shape index (κ2) is 5.95. The molecule has 0 aliphatic heterocycles. The zero-order valence-electron chi connectivity index (χ0n) is 10.5. The lowest BCUT2D eigenvalue weighted by Gasteiger charge is -2.21. The molecular weight excluding hydrogens is 287 g/mol. The van der Waals surface area contributed by atoms with Gasteiger partial charge in [-0.1, -0.05) is 18.2 Å². The summed E-state index contributed by atoms with van der Waals surface area (Å²) in [5.41, 5.74) is 5.37. The first-order valence-corrected chi connectivity index (χ1v) is 6.90. The van der Waals surface area contributed by atoms with Crippen molar-refractivity contribution in [3.05, 3.63) is 57.8 Å². The number of nitrogens with two attached hydrogens (primary N) is 1. The van der Waals surface area contributed by atoms with Crippen molar-refractivity contribution in [1.82, 2.24) is 0 Å². The van der Waals surface area contributed by atoms with E-state index in [2.05, 4.69) is 0 Å². The van der Waals surface area contributed by atoms with Gasteiger partial charge < -0.3 is 10.8 Å². The van der Waals surface area contributed by atoms with E-state index in [0.717, 1.165) is 17.0 Å². The first-order valence-electron chi connectivity index (χ1n) is 6.02. The Morgan fingerprint density at radius 3 is 2.25 bits per heavy atom. The summed E-state index contributed by atoms with van der Waals surface area (Å²) in [6.45, 7) is 0.225. The van der Waals surface area contributed by atoms with E-state index in [9.17, 15) is 18.3 Å². The molecule has 0 radical (unpaired) electrons. The highest BCUT2D eigenvalue weighted by Crippen LogP contribution is 2.34. The molecule has 0 saturated heterocycles. The van der Waals surface area contributed by atoms with E-state index in [0.29, 0.717) is 5.56 Å². The van der Waals surface area contributed by atoms with Gasteiger partial charge in [-0.15, -0.1) is 11.3 Å². The topological polar surface area (TPSA) is 46.2 Å². The first kappa shape index (κ1) is 15.0. The van der Waals surface area contributed by atoms with Crippen LogP contribution in [-0.4, -0.2) is 11.7 Å². The fourth-order valence-electron chi connectivity index (χ4n) is 2.00. The van der Waals surface area contributed by atoms with Crippen LogP contribution in [0.2, 0.25) is 0 Å². The van der Waals surface area contributed by atoms with E-state index in [4.69, 9.17) is 5.73 Å². The number of aliphatic hydroxyl groups is 1. The second-order valence-electron chi connectivity index (χ2n) is 4.42. The van der Waals surface area contributed by atoms with Crippen molar-refractivity contribution in [3.8, 4) is 0 Å². The molecular formula is C14H14F3NOS. The predicted molar refractivity (Wildman–Crippen MR) is 72.5 cm³/mol. The van der Waals surface area contributed by atoms with Gasteiger partial charge in [0.25, 0.3) is 0 Å². The molecule has 1 aromatic carbocycles. The van der Waals surface area contributed by atoms with Gasteiger partial charge >= 0.3 is 6.18 Å². The number of hydrogen-bond acceptors (Lipinski definition) is 3. The van der Waals surface area contributed by atoms with Gasteiger partial charge in [-0.25, -0.2) is 0 Å². The van der Waals surface area contributed by atoms with Crippen LogP contribution in [0.1, 0.15) is 28.0 Å². The van der Waals surface area contributed by atoms with E-state index in [1.807, 2.05) is 17.5 Å². The van der Waals surface area contributed by atoms with Gasteiger partial charge in [-0.2, -0.15) is 13.2 Å². The molecule has 2 aromatic rings. The van der Waals surface area contributed by atoms with Crippen LogP contribution in [0.15, 0.2) is 41.8 Å². The molecule has 2 atom stereocenters. The molecule has 6 heteroatoms. The normalized spacial score (nSPS) is 15.1. The van der Waals surface area contributed by atoms with E-state index >= 15 is 0 Å². The monoisotopic (exact) mass is 301 g/mol. The maximum atomic E-state index is 12.5. The van der Waals surface area contributed by atoms with Crippen LogP contribution in [0.5, 0.6) is 0 Å². The SMILES string of the molecule is NCC(c1cccs1)C(O)c1ccc(C(F)(F)F)cc1. The Bertz CT molecular complexity index is 537. The molecule has 108 valence electrons. The molecule has 0 spiro atoms. The molecule has 0 aliphatic carbocycles. The number of rotatable bonds is 4. The van der Waals surface area contributed by atoms with Gasteiger partial charge in [0.05, 0.1) is 11.7 Å². The molecule has 1 heterocycles. The third-order valence-electron chi connectivity index (χ3n) is 3.12. The quantitative estimate of drug-likeness (QED) is 0.907. The lowest BCUT2D eigenvalue weighted by Crippen LogP contribution is -2.19. The van der Waals surface area contributed by atoms with Crippen LogP contribution in [0, 0.1) is 0 Å². The molecule has 2 nitrogen and oxygen atoms in total. The van der Waals surface area contributed by atoms with Crippen LogP contribution >= 0.6 is 11.3 Å². The molecule has 2 unspecified atom stereocenters. The molecule has 0 amide bonds. The van der Waals surface area contributed by atoms with Crippen LogP contribution in [0.3, 0.4) is 0 Å². The summed E-state index contributed by atoms with van der Waals surface area (Å²) in [6, 6.07) is 8.24. The van der Waals surface area contributed by atoms with E-state index in [1.54, 1.807) is 0 Å². The summed E-state index contributed by atoms with van der Waals surface area (Å²) < 4.78 is 37.5. The molecule has 0 fully saturated rings. The predicted octanol–water partition coefficient (Wildman–Crippen LogP) is 3.54. The first-order chi connectivity index (χ1) is 9.43. The highest BCUT2D eigenvalue weighted by atomic mass is 32.1. The minimum absolute atomic E-state index is 0.225. The molecule has 2 rings (SSSR count). The summed E-state index contributed by atoms with van der Waals surface area (Å²) in [7, 11) is 0. The zero-order chi connectivity index (χ0) is 14.8. The Labute approximate surface area is 118 Å². The molecule has 0 aliphatic rings. The summed E-state index contributed by atoms with van der Waals surface area (Å²) in [4.78, 5) is 0.917. The van der Waals surface area contributed by atoms with Crippen LogP contribution in [0.4, 0.5) is 13.2 Å². The number of benzene rings is 1. The van der Waals surface area contributed by atoms with Crippen molar-refractivity contribution in [2.24, 2.45) is 5.73 Å². The van der Waals surface area contributed by atoms with E-state index in [-0.39, 0.29) is 12.5 Å². The van der Waals surface area contributed by atoms with Crippen molar-refractivity contribution < 1.29 is 18.3 Å². The van der Waals surface area contributed by atoms with Gasteiger partial charge in [0.1, 0.15) is 0 Å². The Morgan fingerprint density at radius 1 is 1.15 bits per heavy atom.